The third kappa shape index (κ3) is 6.90. The molecule has 1 unspecified atom stereocenters. The monoisotopic (exact) mass is 691 g/mol. The lowest BCUT2D eigenvalue weighted by molar-refractivity contribution is -0.120. The SMILES string of the molecule is O=C(NS(=O)(=O)c1ccc(Cl)cc1)C(Cc1ccc(I)cc1)Nc1nc(-c2ccc(Cl)c(Cl)c2)cs1. The van der Waals surface area contributed by atoms with E-state index in [1.54, 1.807) is 18.2 Å². The first-order valence-electron chi connectivity index (χ1n) is 10.3. The summed E-state index contributed by atoms with van der Waals surface area (Å²) >= 11 is 21.5. The van der Waals surface area contributed by atoms with Crippen molar-refractivity contribution in [3.8, 4) is 11.3 Å². The predicted molar refractivity (Wildman–Crippen MR) is 155 cm³/mol. The van der Waals surface area contributed by atoms with Crippen molar-refractivity contribution in [2.45, 2.75) is 17.4 Å². The number of carbonyl (C=O) groups excluding carboxylic acids is 1. The molecule has 4 rings (SSSR count). The fourth-order valence-corrected chi connectivity index (χ4v) is 5.80. The van der Waals surface area contributed by atoms with E-state index in [0.717, 1.165) is 14.7 Å². The van der Waals surface area contributed by atoms with Crippen LogP contribution in [0.15, 0.2) is 77.0 Å². The number of carbonyl (C=O) groups is 1. The molecule has 0 saturated carbocycles. The Hall–Kier alpha value is -1.89. The number of thiazole rings is 1. The molecule has 1 amide bonds. The lowest BCUT2D eigenvalue weighted by Gasteiger charge is -2.18. The van der Waals surface area contributed by atoms with E-state index >= 15 is 0 Å². The zero-order valence-corrected chi connectivity index (χ0v) is 24.3. The van der Waals surface area contributed by atoms with Gasteiger partial charge in [-0.25, -0.2) is 18.1 Å². The molecule has 0 aliphatic carbocycles. The molecule has 4 aromatic rings. The summed E-state index contributed by atoms with van der Waals surface area (Å²) in [6.07, 6.45) is 0.237. The molecule has 0 fully saturated rings. The van der Waals surface area contributed by atoms with Crippen molar-refractivity contribution < 1.29 is 13.2 Å². The molecular formula is C24H17Cl3IN3O3S2. The second-order valence-electron chi connectivity index (χ2n) is 7.62. The summed E-state index contributed by atoms with van der Waals surface area (Å²) in [5.41, 5.74) is 2.26. The Morgan fingerprint density at radius 3 is 2.33 bits per heavy atom. The van der Waals surface area contributed by atoms with Crippen molar-refractivity contribution in [2.75, 3.05) is 5.32 Å². The van der Waals surface area contributed by atoms with Gasteiger partial charge in [0.05, 0.1) is 20.6 Å². The first-order chi connectivity index (χ1) is 17.1. The van der Waals surface area contributed by atoms with Crippen molar-refractivity contribution in [1.29, 1.82) is 0 Å². The summed E-state index contributed by atoms with van der Waals surface area (Å²) in [7, 11) is -4.10. The van der Waals surface area contributed by atoms with Crippen molar-refractivity contribution in [1.82, 2.24) is 9.71 Å². The van der Waals surface area contributed by atoms with Crippen LogP contribution in [0.5, 0.6) is 0 Å². The molecule has 1 heterocycles. The highest BCUT2D eigenvalue weighted by atomic mass is 127. The molecule has 1 atom stereocenters. The maximum atomic E-state index is 13.2. The van der Waals surface area contributed by atoms with Gasteiger partial charge in [-0.3, -0.25) is 4.79 Å². The lowest BCUT2D eigenvalue weighted by atomic mass is 10.1. The highest BCUT2D eigenvalue weighted by Crippen LogP contribution is 2.31. The van der Waals surface area contributed by atoms with E-state index in [1.807, 2.05) is 29.6 Å². The van der Waals surface area contributed by atoms with Crippen LogP contribution in [-0.4, -0.2) is 25.4 Å². The molecule has 12 heteroatoms. The van der Waals surface area contributed by atoms with Crippen LogP contribution in [0.2, 0.25) is 15.1 Å². The van der Waals surface area contributed by atoms with Crippen LogP contribution in [0.25, 0.3) is 11.3 Å². The molecule has 0 saturated heterocycles. The van der Waals surface area contributed by atoms with E-state index in [4.69, 9.17) is 34.8 Å². The molecular weight excluding hydrogens is 676 g/mol. The van der Waals surface area contributed by atoms with Crippen LogP contribution in [0, 0.1) is 3.57 Å². The van der Waals surface area contributed by atoms with E-state index in [-0.39, 0.29) is 11.3 Å². The number of anilines is 1. The maximum Gasteiger partial charge on any atom is 0.264 e. The van der Waals surface area contributed by atoms with Crippen LogP contribution in [0.4, 0.5) is 5.13 Å². The van der Waals surface area contributed by atoms with E-state index in [0.29, 0.717) is 25.9 Å². The fourth-order valence-electron chi connectivity index (χ4n) is 3.22. The summed E-state index contributed by atoms with van der Waals surface area (Å²) in [6, 6.07) is 17.4. The van der Waals surface area contributed by atoms with Crippen LogP contribution >= 0.6 is 68.7 Å². The summed E-state index contributed by atoms with van der Waals surface area (Å²) < 4.78 is 28.8. The van der Waals surface area contributed by atoms with Gasteiger partial charge in [-0.15, -0.1) is 11.3 Å². The summed E-state index contributed by atoms with van der Waals surface area (Å²) in [6.45, 7) is 0. The van der Waals surface area contributed by atoms with Gasteiger partial charge >= 0.3 is 0 Å². The molecule has 6 nitrogen and oxygen atoms in total. The van der Waals surface area contributed by atoms with Gasteiger partial charge in [-0.1, -0.05) is 53.0 Å². The zero-order valence-electron chi connectivity index (χ0n) is 18.2. The molecule has 36 heavy (non-hydrogen) atoms. The smallest absolute Gasteiger partial charge is 0.264 e. The quantitative estimate of drug-likeness (QED) is 0.196. The van der Waals surface area contributed by atoms with Gasteiger partial charge < -0.3 is 5.32 Å². The number of rotatable bonds is 8. The number of benzene rings is 3. The number of amides is 1. The highest BCUT2D eigenvalue weighted by molar-refractivity contribution is 14.1. The van der Waals surface area contributed by atoms with Gasteiger partial charge in [0, 0.05) is 26.0 Å². The molecule has 3 aromatic carbocycles. The van der Waals surface area contributed by atoms with Gasteiger partial charge in [0.2, 0.25) is 0 Å². The number of halogens is 4. The van der Waals surface area contributed by atoms with Gasteiger partial charge in [-0.2, -0.15) is 0 Å². The maximum absolute atomic E-state index is 13.2. The molecule has 0 radical (unpaired) electrons. The van der Waals surface area contributed by atoms with Gasteiger partial charge in [0.1, 0.15) is 6.04 Å². The van der Waals surface area contributed by atoms with Crippen molar-refractivity contribution >= 4 is 89.8 Å². The molecule has 0 aliphatic heterocycles. The molecule has 1 aromatic heterocycles. The Morgan fingerprint density at radius 1 is 0.972 bits per heavy atom. The second kappa shape index (κ2) is 11.7. The minimum absolute atomic E-state index is 0.0654. The van der Waals surface area contributed by atoms with Crippen LogP contribution in [-0.2, 0) is 21.2 Å². The van der Waals surface area contributed by atoms with Crippen molar-refractivity contribution in [3.05, 3.63) is 96.3 Å². The minimum Gasteiger partial charge on any atom is -0.349 e. The number of sulfonamides is 1. The van der Waals surface area contributed by atoms with Gasteiger partial charge in [-0.05, 0) is 76.7 Å². The normalized spacial score (nSPS) is 12.2. The molecule has 186 valence electrons. The Morgan fingerprint density at radius 2 is 1.67 bits per heavy atom. The Balaban J connectivity index is 1.58. The van der Waals surface area contributed by atoms with E-state index in [2.05, 4.69) is 37.6 Å². The van der Waals surface area contributed by atoms with Gasteiger partial charge in [0.25, 0.3) is 15.9 Å². The first kappa shape index (κ1) is 27.2. The van der Waals surface area contributed by atoms with Crippen LogP contribution < -0.4 is 10.0 Å². The van der Waals surface area contributed by atoms with Gasteiger partial charge in [0.15, 0.2) is 5.13 Å². The number of hydrogen-bond donors (Lipinski definition) is 2. The highest BCUT2D eigenvalue weighted by Gasteiger charge is 2.26. The number of aromatic nitrogens is 1. The average molecular weight is 693 g/mol. The zero-order chi connectivity index (χ0) is 25.9. The Kier molecular flexibility index (Phi) is 8.79. The average Bonchev–Trinajstić information content (AvgIpc) is 3.30. The predicted octanol–water partition coefficient (Wildman–Crippen LogP) is 6.90. The van der Waals surface area contributed by atoms with E-state index < -0.39 is 22.0 Å². The van der Waals surface area contributed by atoms with Crippen LogP contribution in [0.3, 0.4) is 0 Å². The van der Waals surface area contributed by atoms with Crippen LogP contribution in [0.1, 0.15) is 5.56 Å². The number of hydrogen-bond acceptors (Lipinski definition) is 6. The minimum atomic E-state index is -4.10. The lowest BCUT2D eigenvalue weighted by Crippen LogP contribution is -2.43. The van der Waals surface area contributed by atoms with Crippen molar-refractivity contribution in [3.63, 3.8) is 0 Å². The molecule has 0 spiro atoms. The molecule has 2 N–H and O–H groups in total. The fraction of sp³-hybridized carbons (Fsp3) is 0.0833. The summed E-state index contributed by atoms with van der Waals surface area (Å²) in [5, 5.41) is 6.58. The molecule has 0 aliphatic rings. The topological polar surface area (TPSA) is 88.2 Å². The standard InChI is InChI=1S/C24H17Cl3IN3O3S2/c25-16-4-8-18(9-5-16)36(33,34)31-23(32)21(11-14-1-6-17(28)7-2-14)29-24-30-22(13-35-24)15-3-10-19(26)20(27)12-15/h1-10,12-13,21H,11H2,(H,29,30)(H,31,32). The number of nitrogens with one attached hydrogen (secondary N) is 2. The first-order valence-corrected chi connectivity index (χ1v) is 14.9. The Bertz CT molecular complexity index is 1500. The van der Waals surface area contributed by atoms with Crippen molar-refractivity contribution in [2.24, 2.45) is 0 Å². The third-order valence-electron chi connectivity index (χ3n) is 5.05. The third-order valence-corrected chi connectivity index (χ3v) is 8.89. The summed E-state index contributed by atoms with van der Waals surface area (Å²) in [5.74, 6) is -0.713. The second-order valence-corrected chi connectivity index (χ2v) is 12.7. The molecule has 0 bridgehead atoms. The van der Waals surface area contributed by atoms with E-state index in [9.17, 15) is 13.2 Å². The Labute approximate surface area is 241 Å². The summed E-state index contributed by atoms with van der Waals surface area (Å²) in [4.78, 5) is 17.7. The van der Waals surface area contributed by atoms with E-state index in [1.165, 1.54) is 35.6 Å². The largest absolute Gasteiger partial charge is 0.349 e. The number of nitrogens with zero attached hydrogens (tertiary/aromatic N) is 1.